The van der Waals surface area contributed by atoms with E-state index in [1.165, 1.54) is 6.42 Å². The van der Waals surface area contributed by atoms with Crippen molar-refractivity contribution >= 4 is 23.7 Å². The number of nitrogens with two attached hydrogens (primary N) is 3. The molecule has 2 rings (SSSR count). The van der Waals surface area contributed by atoms with Crippen LogP contribution in [-0.4, -0.2) is 60.9 Å². The lowest BCUT2D eigenvalue weighted by molar-refractivity contribution is -0.132. The molecule has 0 aliphatic heterocycles. The van der Waals surface area contributed by atoms with Gasteiger partial charge in [0.05, 0.1) is 6.04 Å². The number of primary amides is 1. The van der Waals surface area contributed by atoms with Crippen LogP contribution in [0.5, 0.6) is 0 Å². The molecule has 11 nitrogen and oxygen atoms in total. The minimum Gasteiger partial charge on any atom is -0.370 e. The summed E-state index contributed by atoms with van der Waals surface area (Å²) in [6.45, 7) is 0.964. The van der Waals surface area contributed by atoms with Gasteiger partial charge < -0.3 is 38.5 Å². The molecule has 0 saturated heterocycles. The molecule has 3 atom stereocenters. The average molecular weight is 531 g/mol. The molecule has 3 amide bonds. The highest BCUT2D eigenvalue weighted by molar-refractivity contribution is 5.92. The van der Waals surface area contributed by atoms with Gasteiger partial charge in [-0.15, -0.1) is 0 Å². The molecule has 1 fully saturated rings. The maximum absolute atomic E-state index is 13.5. The number of rotatable bonds is 17. The maximum Gasteiger partial charge on any atom is 0.243 e. The molecule has 1 saturated carbocycles. The van der Waals surface area contributed by atoms with Gasteiger partial charge in [0.15, 0.2) is 5.96 Å². The molecule has 11 heteroatoms. The van der Waals surface area contributed by atoms with Gasteiger partial charge in [0.1, 0.15) is 12.1 Å². The first-order chi connectivity index (χ1) is 18.3. The van der Waals surface area contributed by atoms with Crippen LogP contribution in [0, 0.1) is 5.41 Å². The molecule has 0 spiro atoms. The fraction of sp³-hybridized carbons (Fsp3) is 0.630. The van der Waals surface area contributed by atoms with Gasteiger partial charge in [-0.05, 0) is 57.1 Å². The zero-order valence-electron chi connectivity index (χ0n) is 22.3. The standard InChI is InChI=1S/C27H46N8O3/c28-16-8-7-14-21(24(29)36)34-26(38)23(18-19-10-3-1-4-11-19)35-25(37)22(15-9-17-32-27(30)31)33-20-12-5-2-6-13-20/h1,3-4,10-11,20-23,33H,2,5-9,12-18,28H2,(H2,29,36)(H,34,38)(H,35,37)(H4,30,31,32)/t21-,22+,23-/m0/s1. The lowest BCUT2D eigenvalue weighted by Gasteiger charge is -2.29. The molecular weight excluding hydrogens is 484 g/mol. The lowest BCUT2D eigenvalue weighted by Crippen LogP contribution is -2.57. The molecule has 38 heavy (non-hydrogen) atoms. The second kappa shape index (κ2) is 17.4. The van der Waals surface area contributed by atoms with E-state index in [0.29, 0.717) is 38.8 Å². The third-order valence-corrected chi connectivity index (χ3v) is 6.87. The summed E-state index contributed by atoms with van der Waals surface area (Å²) in [5.41, 5.74) is 17.4. The van der Waals surface area contributed by atoms with Gasteiger partial charge in [0, 0.05) is 19.0 Å². The van der Waals surface area contributed by atoms with Gasteiger partial charge in [-0.3, -0.25) is 19.8 Å². The van der Waals surface area contributed by atoms with Crippen molar-refractivity contribution in [2.75, 3.05) is 13.1 Å². The Morgan fingerprint density at radius 1 is 0.868 bits per heavy atom. The molecule has 1 aromatic carbocycles. The summed E-state index contributed by atoms with van der Waals surface area (Å²) < 4.78 is 0. The smallest absolute Gasteiger partial charge is 0.243 e. The number of amides is 3. The fourth-order valence-corrected chi connectivity index (χ4v) is 4.76. The highest BCUT2D eigenvalue weighted by atomic mass is 16.2. The Morgan fingerprint density at radius 2 is 1.50 bits per heavy atom. The Bertz CT molecular complexity index is 876. The van der Waals surface area contributed by atoms with E-state index in [1.54, 1.807) is 0 Å². The second-order valence-electron chi connectivity index (χ2n) is 10.0. The molecule has 0 heterocycles. The van der Waals surface area contributed by atoms with E-state index in [1.807, 2.05) is 30.3 Å². The van der Waals surface area contributed by atoms with Crippen molar-refractivity contribution in [3.8, 4) is 0 Å². The van der Waals surface area contributed by atoms with Gasteiger partial charge in [0.25, 0.3) is 0 Å². The van der Waals surface area contributed by atoms with Crippen LogP contribution in [0.15, 0.2) is 30.3 Å². The Balaban J connectivity index is 2.14. The van der Waals surface area contributed by atoms with Crippen molar-refractivity contribution in [1.82, 2.24) is 21.3 Å². The van der Waals surface area contributed by atoms with Crippen LogP contribution in [0.3, 0.4) is 0 Å². The number of guanidine groups is 1. The van der Waals surface area contributed by atoms with E-state index in [9.17, 15) is 14.4 Å². The quantitative estimate of drug-likeness (QED) is 0.0807. The summed E-state index contributed by atoms with van der Waals surface area (Å²) in [5.74, 6) is -1.45. The van der Waals surface area contributed by atoms with Gasteiger partial charge in [-0.1, -0.05) is 49.6 Å². The summed E-state index contributed by atoms with van der Waals surface area (Å²) in [4.78, 5) is 38.9. The zero-order valence-corrected chi connectivity index (χ0v) is 22.3. The van der Waals surface area contributed by atoms with Crippen LogP contribution in [0.4, 0.5) is 0 Å². The van der Waals surface area contributed by atoms with Crippen LogP contribution >= 0.6 is 0 Å². The summed E-state index contributed by atoms with van der Waals surface area (Å²) in [5, 5.41) is 19.3. The first-order valence-electron chi connectivity index (χ1n) is 13.8. The van der Waals surface area contributed by atoms with Crippen molar-refractivity contribution < 1.29 is 14.4 Å². The maximum atomic E-state index is 13.5. The first-order valence-corrected chi connectivity index (χ1v) is 13.8. The minimum atomic E-state index is -0.882. The van der Waals surface area contributed by atoms with Crippen LogP contribution in [0.2, 0.25) is 0 Å². The SMILES string of the molecule is N=C(N)NCCC[C@@H](NC1CCCCC1)C(=O)N[C@@H](Cc1ccccc1)C(=O)N[C@@H](CCCCN)C(N)=O. The van der Waals surface area contributed by atoms with Crippen molar-refractivity contribution in [2.45, 2.75) is 94.8 Å². The summed E-state index contributed by atoms with van der Waals surface area (Å²) in [6, 6.07) is 7.44. The zero-order chi connectivity index (χ0) is 27.8. The predicted octanol–water partition coefficient (Wildman–Crippen LogP) is 0.367. The van der Waals surface area contributed by atoms with Crippen LogP contribution in [0.1, 0.15) is 69.8 Å². The first kappa shape index (κ1) is 31.0. The summed E-state index contributed by atoms with van der Waals surface area (Å²) in [7, 11) is 0. The number of hydrogen-bond acceptors (Lipinski definition) is 6. The Labute approximate surface area is 225 Å². The summed E-state index contributed by atoms with van der Waals surface area (Å²) in [6.07, 6.45) is 8.63. The van der Waals surface area contributed by atoms with E-state index in [0.717, 1.165) is 37.7 Å². The van der Waals surface area contributed by atoms with Gasteiger partial charge in [-0.25, -0.2) is 0 Å². The van der Waals surface area contributed by atoms with E-state index in [4.69, 9.17) is 22.6 Å². The van der Waals surface area contributed by atoms with Crippen LogP contribution in [-0.2, 0) is 20.8 Å². The number of benzene rings is 1. The fourth-order valence-electron chi connectivity index (χ4n) is 4.76. The van der Waals surface area contributed by atoms with Crippen molar-refractivity contribution in [3.63, 3.8) is 0 Å². The number of nitrogens with one attached hydrogen (secondary N) is 5. The van der Waals surface area contributed by atoms with E-state index in [-0.39, 0.29) is 24.3 Å². The van der Waals surface area contributed by atoms with Gasteiger partial charge >= 0.3 is 0 Å². The molecule has 212 valence electrons. The minimum absolute atomic E-state index is 0.110. The molecule has 0 radical (unpaired) electrons. The normalized spacial score (nSPS) is 16.1. The highest BCUT2D eigenvalue weighted by Gasteiger charge is 2.29. The van der Waals surface area contributed by atoms with Gasteiger partial charge in [0.2, 0.25) is 17.7 Å². The average Bonchev–Trinajstić information content (AvgIpc) is 2.90. The molecule has 0 aromatic heterocycles. The number of unbranched alkanes of at least 4 members (excludes halogenated alkanes) is 1. The Hall–Kier alpha value is -3.18. The van der Waals surface area contributed by atoms with Crippen LogP contribution in [0.25, 0.3) is 0 Å². The van der Waals surface area contributed by atoms with Gasteiger partial charge in [-0.2, -0.15) is 0 Å². The van der Waals surface area contributed by atoms with Crippen molar-refractivity contribution in [2.24, 2.45) is 17.2 Å². The number of hydrogen-bond donors (Lipinski definition) is 8. The third kappa shape index (κ3) is 11.9. The topological polar surface area (TPSA) is 201 Å². The molecule has 1 aromatic rings. The Kier molecular flexibility index (Phi) is 14.2. The van der Waals surface area contributed by atoms with E-state index in [2.05, 4.69) is 21.3 Å². The number of carbonyl (C=O) groups is 3. The number of carbonyl (C=O) groups excluding carboxylic acids is 3. The molecule has 11 N–H and O–H groups in total. The molecule has 1 aliphatic rings. The van der Waals surface area contributed by atoms with E-state index < -0.39 is 29.9 Å². The largest absolute Gasteiger partial charge is 0.370 e. The van der Waals surface area contributed by atoms with Crippen molar-refractivity contribution in [3.05, 3.63) is 35.9 Å². The molecule has 0 unspecified atom stereocenters. The lowest BCUT2D eigenvalue weighted by atomic mass is 9.94. The molecule has 0 bridgehead atoms. The predicted molar refractivity (Wildman–Crippen MR) is 149 cm³/mol. The Morgan fingerprint density at radius 3 is 2.13 bits per heavy atom. The third-order valence-electron chi connectivity index (χ3n) is 6.87. The van der Waals surface area contributed by atoms with E-state index >= 15 is 0 Å². The molecule has 1 aliphatic carbocycles. The van der Waals surface area contributed by atoms with Crippen molar-refractivity contribution in [1.29, 1.82) is 5.41 Å². The summed E-state index contributed by atoms with van der Waals surface area (Å²) >= 11 is 0. The second-order valence-corrected chi connectivity index (χ2v) is 10.0. The highest BCUT2D eigenvalue weighted by Crippen LogP contribution is 2.18. The molecular formula is C27H46N8O3. The monoisotopic (exact) mass is 530 g/mol. The van der Waals surface area contributed by atoms with Crippen LogP contribution < -0.4 is 38.5 Å².